The molecule has 0 atom stereocenters. The average Bonchev–Trinajstić information content (AvgIpc) is 3.41. The van der Waals surface area contributed by atoms with Gasteiger partial charge in [0.15, 0.2) is 10.9 Å². The first kappa shape index (κ1) is 19.8. The molecule has 0 aliphatic carbocycles. The minimum atomic E-state index is -3.78. The highest BCUT2D eigenvalue weighted by molar-refractivity contribution is 7.93. The van der Waals surface area contributed by atoms with E-state index in [4.69, 9.17) is 4.42 Å². The number of rotatable bonds is 6. The summed E-state index contributed by atoms with van der Waals surface area (Å²) in [6.45, 7) is 0. The third kappa shape index (κ3) is 4.24. The zero-order chi connectivity index (χ0) is 21.1. The van der Waals surface area contributed by atoms with Gasteiger partial charge in [-0.3, -0.25) is 9.52 Å². The van der Waals surface area contributed by atoms with Crippen molar-refractivity contribution in [1.29, 1.82) is 0 Å². The van der Waals surface area contributed by atoms with Crippen LogP contribution >= 0.6 is 11.3 Å². The Balaban J connectivity index is 1.46. The Bertz CT molecular complexity index is 1280. The molecule has 7 nitrogen and oxygen atoms in total. The van der Waals surface area contributed by atoms with E-state index in [0.717, 1.165) is 11.3 Å². The summed E-state index contributed by atoms with van der Waals surface area (Å²) in [5.41, 5.74) is 0.621. The smallest absolute Gasteiger partial charge is 0.291 e. The number of hydrogen-bond donors (Lipinski definition) is 2. The highest BCUT2D eigenvalue weighted by Gasteiger charge is 2.17. The van der Waals surface area contributed by atoms with E-state index in [1.807, 2.05) is 0 Å². The summed E-state index contributed by atoms with van der Waals surface area (Å²) in [5, 5.41) is 4.53. The number of aromatic nitrogens is 1. The number of nitrogens with one attached hydrogen (secondary N) is 2. The zero-order valence-corrected chi connectivity index (χ0v) is 16.8. The number of halogens is 1. The maximum atomic E-state index is 13.9. The van der Waals surface area contributed by atoms with Gasteiger partial charge in [-0.25, -0.2) is 17.8 Å². The van der Waals surface area contributed by atoms with Crippen molar-refractivity contribution >= 4 is 38.1 Å². The maximum absolute atomic E-state index is 13.9. The molecule has 0 unspecified atom stereocenters. The first-order chi connectivity index (χ1) is 14.4. The number of benzene rings is 2. The largest absolute Gasteiger partial charge is 0.451 e. The van der Waals surface area contributed by atoms with Crippen LogP contribution in [0.5, 0.6) is 0 Å². The van der Waals surface area contributed by atoms with E-state index in [-0.39, 0.29) is 27.1 Å². The molecule has 2 aromatic heterocycles. The molecule has 2 heterocycles. The number of amides is 1. The fraction of sp³-hybridized carbons (Fsp3) is 0. The van der Waals surface area contributed by atoms with Gasteiger partial charge < -0.3 is 9.73 Å². The molecule has 0 fully saturated rings. The second-order valence-electron chi connectivity index (χ2n) is 6.07. The Hall–Kier alpha value is -3.50. The van der Waals surface area contributed by atoms with Gasteiger partial charge in [-0.1, -0.05) is 12.1 Å². The van der Waals surface area contributed by atoms with Crippen LogP contribution in [0.3, 0.4) is 0 Å². The van der Waals surface area contributed by atoms with Gasteiger partial charge in [0.2, 0.25) is 0 Å². The van der Waals surface area contributed by atoms with Crippen molar-refractivity contribution in [3.05, 3.63) is 83.8 Å². The average molecular weight is 443 g/mol. The lowest BCUT2D eigenvalue weighted by Crippen LogP contribution is -2.13. The number of hydrogen-bond acceptors (Lipinski definition) is 6. The van der Waals surface area contributed by atoms with Crippen molar-refractivity contribution in [2.24, 2.45) is 0 Å². The van der Waals surface area contributed by atoms with Crippen LogP contribution in [-0.4, -0.2) is 19.3 Å². The summed E-state index contributed by atoms with van der Waals surface area (Å²) in [6.07, 6.45) is 1.49. The third-order valence-corrected chi connectivity index (χ3v) is 6.22. The number of anilines is 2. The Labute approximate surface area is 175 Å². The molecule has 0 spiro atoms. The molecule has 0 radical (unpaired) electrons. The number of sulfonamides is 1. The fourth-order valence-corrected chi connectivity index (χ4v) is 4.41. The monoisotopic (exact) mass is 443 g/mol. The van der Waals surface area contributed by atoms with Crippen molar-refractivity contribution in [1.82, 2.24) is 4.98 Å². The first-order valence-electron chi connectivity index (χ1n) is 8.61. The maximum Gasteiger partial charge on any atom is 0.291 e. The van der Waals surface area contributed by atoms with E-state index < -0.39 is 21.7 Å². The predicted octanol–water partition coefficient (Wildman–Crippen LogP) is 4.60. The van der Waals surface area contributed by atoms with Crippen LogP contribution < -0.4 is 10.0 Å². The van der Waals surface area contributed by atoms with Crippen molar-refractivity contribution in [2.75, 3.05) is 10.0 Å². The first-order valence-corrected chi connectivity index (χ1v) is 11.0. The molecule has 2 N–H and O–H groups in total. The molecular weight excluding hydrogens is 429 g/mol. The summed E-state index contributed by atoms with van der Waals surface area (Å²) < 4.78 is 46.4. The van der Waals surface area contributed by atoms with Crippen LogP contribution in [0.4, 0.5) is 15.2 Å². The molecule has 152 valence electrons. The van der Waals surface area contributed by atoms with Gasteiger partial charge in [0.05, 0.1) is 10.5 Å². The molecule has 4 rings (SSSR count). The van der Waals surface area contributed by atoms with Crippen molar-refractivity contribution in [3.63, 3.8) is 0 Å². The quantitative estimate of drug-likeness (QED) is 0.454. The zero-order valence-electron chi connectivity index (χ0n) is 15.2. The Kier molecular flexibility index (Phi) is 5.34. The third-order valence-electron chi connectivity index (χ3n) is 4.05. The van der Waals surface area contributed by atoms with Crippen molar-refractivity contribution < 1.29 is 22.0 Å². The van der Waals surface area contributed by atoms with Gasteiger partial charge in [-0.2, -0.15) is 0 Å². The number of carbonyl (C=O) groups is 1. The van der Waals surface area contributed by atoms with Gasteiger partial charge in [-0.15, -0.1) is 11.3 Å². The summed E-state index contributed by atoms with van der Waals surface area (Å²) in [7, 11) is -3.78. The van der Waals surface area contributed by atoms with Crippen LogP contribution in [0, 0.1) is 5.82 Å². The van der Waals surface area contributed by atoms with E-state index in [2.05, 4.69) is 15.0 Å². The second kappa shape index (κ2) is 8.09. The molecule has 0 saturated heterocycles. The summed E-state index contributed by atoms with van der Waals surface area (Å²) in [6, 6.07) is 14.7. The fourth-order valence-electron chi connectivity index (χ4n) is 2.62. The van der Waals surface area contributed by atoms with Gasteiger partial charge in [0.25, 0.3) is 15.9 Å². The number of nitrogens with zero attached hydrogens (tertiary/aromatic N) is 1. The lowest BCUT2D eigenvalue weighted by Gasteiger charge is -2.07. The van der Waals surface area contributed by atoms with Crippen LogP contribution in [0.1, 0.15) is 10.6 Å². The Morgan fingerprint density at radius 2 is 1.80 bits per heavy atom. The Morgan fingerprint density at radius 3 is 2.50 bits per heavy atom. The van der Waals surface area contributed by atoms with Crippen molar-refractivity contribution in [2.45, 2.75) is 4.90 Å². The van der Waals surface area contributed by atoms with Gasteiger partial charge in [0.1, 0.15) is 11.6 Å². The molecule has 0 bridgehead atoms. The standard InChI is InChI=1S/C20H14FN3O4S2/c21-16-4-2-1-3-15(16)17-9-10-18(28-17)19(25)23-13-5-7-14(8-6-13)30(26,27)24-20-22-11-12-29-20/h1-12H,(H,22,24)(H,23,25). The SMILES string of the molecule is O=C(Nc1ccc(S(=O)(=O)Nc2nccs2)cc1)c1ccc(-c2ccccc2F)o1. The molecule has 0 saturated carbocycles. The lowest BCUT2D eigenvalue weighted by molar-refractivity contribution is 0.0997. The highest BCUT2D eigenvalue weighted by atomic mass is 32.2. The lowest BCUT2D eigenvalue weighted by atomic mass is 10.1. The van der Waals surface area contributed by atoms with Crippen molar-refractivity contribution in [3.8, 4) is 11.3 Å². The summed E-state index contributed by atoms with van der Waals surface area (Å²) in [5.74, 6) is -0.778. The van der Waals surface area contributed by atoms with E-state index in [1.54, 1.807) is 23.6 Å². The summed E-state index contributed by atoms with van der Waals surface area (Å²) >= 11 is 1.16. The molecule has 10 heteroatoms. The number of furan rings is 1. The van der Waals surface area contributed by atoms with E-state index in [9.17, 15) is 17.6 Å². The minimum Gasteiger partial charge on any atom is -0.451 e. The molecule has 1 amide bonds. The molecule has 0 aliphatic heterocycles. The normalized spacial score (nSPS) is 11.2. The van der Waals surface area contributed by atoms with Crippen LogP contribution in [0.25, 0.3) is 11.3 Å². The molecule has 30 heavy (non-hydrogen) atoms. The second-order valence-corrected chi connectivity index (χ2v) is 8.64. The Morgan fingerprint density at radius 1 is 1.03 bits per heavy atom. The van der Waals surface area contributed by atoms with Crippen LogP contribution in [-0.2, 0) is 10.0 Å². The van der Waals surface area contributed by atoms with Gasteiger partial charge in [0, 0.05) is 17.3 Å². The molecule has 4 aromatic rings. The topological polar surface area (TPSA) is 101 Å². The number of thiazole rings is 1. The molecule has 0 aliphatic rings. The van der Waals surface area contributed by atoms with Crippen LogP contribution in [0.15, 0.2) is 81.6 Å². The molecular formula is C20H14FN3O4S2. The minimum absolute atomic E-state index is 0.00427. The van der Waals surface area contributed by atoms with E-state index in [0.29, 0.717) is 5.69 Å². The van der Waals surface area contributed by atoms with E-state index in [1.165, 1.54) is 48.7 Å². The van der Waals surface area contributed by atoms with Crippen LogP contribution in [0.2, 0.25) is 0 Å². The predicted molar refractivity (Wildman–Crippen MR) is 111 cm³/mol. The van der Waals surface area contributed by atoms with Gasteiger partial charge in [-0.05, 0) is 48.5 Å². The number of carbonyl (C=O) groups excluding carboxylic acids is 1. The van der Waals surface area contributed by atoms with E-state index >= 15 is 0 Å². The van der Waals surface area contributed by atoms with Gasteiger partial charge >= 0.3 is 0 Å². The highest BCUT2D eigenvalue weighted by Crippen LogP contribution is 2.25. The molecule has 2 aromatic carbocycles. The summed E-state index contributed by atoms with van der Waals surface area (Å²) in [4.78, 5) is 16.3.